The second kappa shape index (κ2) is 5.42. The van der Waals surface area contributed by atoms with Crippen molar-refractivity contribution in [3.05, 3.63) is 52.2 Å². The van der Waals surface area contributed by atoms with Crippen molar-refractivity contribution in [3.63, 3.8) is 0 Å². The van der Waals surface area contributed by atoms with E-state index >= 15 is 0 Å². The van der Waals surface area contributed by atoms with Crippen molar-refractivity contribution in [1.29, 1.82) is 0 Å². The first-order chi connectivity index (χ1) is 10.0. The van der Waals surface area contributed by atoms with Gasteiger partial charge in [-0.1, -0.05) is 30.3 Å². The van der Waals surface area contributed by atoms with Crippen LogP contribution in [0, 0.1) is 0 Å². The Morgan fingerprint density at radius 3 is 2.71 bits per heavy atom. The fourth-order valence-corrected chi connectivity index (χ4v) is 3.98. The summed E-state index contributed by atoms with van der Waals surface area (Å²) in [6, 6.07) is 9.08. The van der Waals surface area contributed by atoms with E-state index in [1.54, 1.807) is 0 Å². The van der Waals surface area contributed by atoms with Crippen molar-refractivity contribution in [3.8, 4) is 11.3 Å². The molecule has 0 spiro atoms. The number of carbonyl (C=O) groups is 1. The maximum atomic E-state index is 12.1. The predicted molar refractivity (Wildman–Crippen MR) is 81.7 cm³/mol. The molecule has 0 fully saturated rings. The monoisotopic (exact) mass is 320 g/mol. The summed E-state index contributed by atoms with van der Waals surface area (Å²) in [7, 11) is -3.17. The second-order valence-corrected chi connectivity index (χ2v) is 7.43. The van der Waals surface area contributed by atoms with E-state index in [4.69, 9.17) is 0 Å². The summed E-state index contributed by atoms with van der Waals surface area (Å²) in [5, 5.41) is 5.93. The molecule has 21 heavy (non-hydrogen) atoms. The van der Waals surface area contributed by atoms with Gasteiger partial charge in [-0.25, -0.2) is 13.4 Å². The zero-order valence-corrected chi connectivity index (χ0v) is 12.5. The molecule has 2 heterocycles. The van der Waals surface area contributed by atoms with Gasteiger partial charge in [0.25, 0.3) is 5.91 Å². The van der Waals surface area contributed by atoms with Crippen LogP contribution in [0.25, 0.3) is 11.3 Å². The molecule has 1 amide bonds. The average Bonchev–Trinajstić information content (AvgIpc) is 3.07. The van der Waals surface area contributed by atoms with E-state index in [0.29, 0.717) is 5.01 Å². The molecule has 7 heteroatoms. The topological polar surface area (TPSA) is 76.1 Å². The van der Waals surface area contributed by atoms with E-state index < -0.39 is 15.9 Å². The number of nitrogens with zero attached hydrogens (tertiary/aromatic N) is 1. The van der Waals surface area contributed by atoms with Gasteiger partial charge in [0.1, 0.15) is 0 Å². The molecule has 1 N–H and O–H groups in total. The molecule has 2 aromatic rings. The number of hydrogen-bond donors (Lipinski definition) is 1. The highest BCUT2D eigenvalue weighted by Gasteiger charge is 2.24. The first kappa shape index (κ1) is 14.0. The third-order valence-electron chi connectivity index (χ3n) is 3.01. The number of nitrogens with one attached hydrogen (secondary N) is 1. The summed E-state index contributed by atoms with van der Waals surface area (Å²) in [5.74, 6) is -0.440. The molecule has 0 bridgehead atoms. The van der Waals surface area contributed by atoms with Gasteiger partial charge in [-0.15, -0.1) is 11.3 Å². The third-order valence-corrected chi connectivity index (χ3v) is 5.25. The van der Waals surface area contributed by atoms with Crippen LogP contribution in [0.3, 0.4) is 0 Å². The van der Waals surface area contributed by atoms with E-state index in [-0.39, 0.29) is 11.7 Å². The minimum atomic E-state index is -3.17. The van der Waals surface area contributed by atoms with Crippen LogP contribution in [-0.2, 0) is 9.84 Å². The van der Waals surface area contributed by atoms with Crippen LogP contribution >= 0.6 is 11.3 Å². The van der Waals surface area contributed by atoms with E-state index in [1.165, 1.54) is 17.4 Å². The Morgan fingerprint density at radius 2 is 2.05 bits per heavy atom. The molecule has 108 valence electrons. The van der Waals surface area contributed by atoms with Crippen LogP contribution in [0.2, 0.25) is 0 Å². The zero-order valence-electron chi connectivity index (χ0n) is 10.9. The number of thiazole rings is 1. The van der Waals surface area contributed by atoms with Crippen molar-refractivity contribution >= 4 is 27.1 Å². The van der Waals surface area contributed by atoms with Gasteiger partial charge in [-0.3, -0.25) is 4.79 Å². The molecule has 0 saturated heterocycles. The lowest BCUT2D eigenvalue weighted by molar-refractivity contribution is 0.0947. The molecule has 5 nitrogen and oxygen atoms in total. The number of benzene rings is 1. The van der Waals surface area contributed by atoms with Gasteiger partial charge in [-0.05, 0) is 6.08 Å². The summed E-state index contributed by atoms with van der Waals surface area (Å²) in [4.78, 5) is 16.4. The number of amides is 1. The van der Waals surface area contributed by atoms with Crippen LogP contribution in [0.15, 0.2) is 47.2 Å². The zero-order chi connectivity index (χ0) is 14.9. The standard InChI is InChI=1S/C14H12N2O3S2/c17-13(15-11-6-7-21(18,19)9-11)14-16-12(8-20-14)10-4-2-1-3-5-10/h1-8,11H,9H2,(H,15,17). The van der Waals surface area contributed by atoms with Gasteiger partial charge in [0.2, 0.25) is 0 Å². The number of carbonyl (C=O) groups excluding carboxylic acids is 1. The quantitative estimate of drug-likeness (QED) is 0.936. The molecule has 1 aromatic heterocycles. The van der Waals surface area contributed by atoms with Crippen LogP contribution in [0.4, 0.5) is 0 Å². The maximum Gasteiger partial charge on any atom is 0.280 e. The molecule has 1 aliphatic rings. The maximum absolute atomic E-state index is 12.1. The van der Waals surface area contributed by atoms with Crippen LogP contribution in [-0.4, -0.2) is 31.1 Å². The molecule has 1 unspecified atom stereocenters. The lowest BCUT2D eigenvalue weighted by Gasteiger charge is -2.07. The van der Waals surface area contributed by atoms with E-state index in [0.717, 1.165) is 16.7 Å². The number of aromatic nitrogens is 1. The molecule has 1 aliphatic heterocycles. The SMILES string of the molecule is O=C(NC1C=CS(=O)(=O)C1)c1nc(-c2ccccc2)cs1. The van der Waals surface area contributed by atoms with Crippen molar-refractivity contribution in [2.24, 2.45) is 0 Å². The Hall–Kier alpha value is -1.99. The van der Waals surface area contributed by atoms with Crippen molar-refractivity contribution in [1.82, 2.24) is 10.3 Å². The molecule has 3 rings (SSSR count). The van der Waals surface area contributed by atoms with E-state index in [2.05, 4.69) is 10.3 Å². The van der Waals surface area contributed by atoms with Gasteiger partial charge in [0.15, 0.2) is 14.8 Å². The highest BCUT2D eigenvalue weighted by atomic mass is 32.2. The Balaban J connectivity index is 1.72. The third kappa shape index (κ3) is 3.20. The first-order valence-electron chi connectivity index (χ1n) is 6.26. The smallest absolute Gasteiger partial charge is 0.280 e. The largest absolute Gasteiger partial charge is 0.343 e. The van der Waals surface area contributed by atoms with Gasteiger partial charge in [-0.2, -0.15) is 0 Å². The van der Waals surface area contributed by atoms with Gasteiger partial charge < -0.3 is 5.32 Å². The second-order valence-electron chi connectivity index (χ2n) is 4.64. The highest BCUT2D eigenvalue weighted by Crippen LogP contribution is 2.21. The molecular formula is C14H12N2O3S2. The lowest BCUT2D eigenvalue weighted by Crippen LogP contribution is -2.35. The normalized spacial score (nSPS) is 19.5. The van der Waals surface area contributed by atoms with Gasteiger partial charge in [0.05, 0.1) is 17.5 Å². The summed E-state index contributed by atoms with van der Waals surface area (Å²) >= 11 is 1.24. The lowest BCUT2D eigenvalue weighted by atomic mass is 10.2. The predicted octanol–water partition coefficient (Wildman–Crippen LogP) is 1.85. The number of rotatable bonds is 3. The van der Waals surface area contributed by atoms with E-state index in [1.807, 2.05) is 35.7 Å². The van der Waals surface area contributed by atoms with Gasteiger partial charge in [0, 0.05) is 16.4 Å². The van der Waals surface area contributed by atoms with Crippen LogP contribution in [0.5, 0.6) is 0 Å². The average molecular weight is 320 g/mol. The van der Waals surface area contributed by atoms with E-state index in [9.17, 15) is 13.2 Å². The van der Waals surface area contributed by atoms with Crippen LogP contribution < -0.4 is 5.32 Å². The Bertz CT molecular complexity index is 795. The Labute approximate surface area is 126 Å². The fourth-order valence-electron chi connectivity index (χ4n) is 2.02. The Morgan fingerprint density at radius 1 is 1.29 bits per heavy atom. The molecule has 0 radical (unpaired) electrons. The minimum absolute atomic E-state index is 0.0876. The molecule has 0 aliphatic carbocycles. The van der Waals surface area contributed by atoms with Gasteiger partial charge >= 0.3 is 0 Å². The number of hydrogen-bond acceptors (Lipinski definition) is 5. The molecule has 1 atom stereocenters. The summed E-state index contributed by atoms with van der Waals surface area (Å²) in [6.07, 6.45) is 1.49. The highest BCUT2D eigenvalue weighted by molar-refractivity contribution is 7.94. The summed E-state index contributed by atoms with van der Waals surface area (Å²) in [5.41, 5.74) is 1.68. The van der Waals surface area contributed by atoms with Crippen molar-refractivity contribution in [2.75, 3.05) is 5.75 Å². The first-order valence-corrected chi connectivity index (χ1v) is 8.86. The molecule has 1 aromatic carbocycles. The van der Waals surface area contributed by atoms with Crippen LogP contribution in [0.1, 0.15) is 9.80 Å². The Kier molecular flexibility index (Phi) is 3.60. The molecule has 0 saturated carbocycles. The van der Waals surface area contributed by atoms with Crippen molar-refractivity contribution in [2.45, 2.75) is 6.04 Å². The summed E-state index contributed by atoms with van der Waals surface area (Å²) in [6.45, 7) is 0. The minimum Gasteiger partial charge on any atom is -0.343 e. The molecular weight excluding hydrogens is 308 g/mol. The van der Waals surface area contributed by atoms with Crippen molar-refractivity contribution < 1.29 is 13.2 Å². The summed E-state index contributed by atoms with van der Waals surface area (Å²) < 4.78 is 22.6. The number of sulfone groups is 1. The fraction of sp³-hybridized carbons (Fsp3) is 0.143.